The van der Waals surface area contributed by atoms with Crippen LogP contribution in [0.3, 0.4) is 0 Å². The summed E-state index contributed by atoms with van der Waals surface area (Å²) in [5, 5.41) is 0. The number of nitrogens with zero attached hydrogens (tertiary/aromatic N) is 1. The summed E-state index contributed by atoms with van der Waals surface area (Å²) in [7, 11) is 1.57. The molecule has 1 aliphatic rings. The Kier molecular flexibility index (Phi) is 5.76. The number of methoxy groups -OCH3 is 1. The molecule has 3 rings (SSSR count). The molecule has 140 valence electrons. The van der Waals surface area contributed by atoms with E-state index >= 15 is 0 Å². The highest BCUT2D eigenvalue weighted by atomic mass is 16.6. The molecule has 1 heterocycles. The number of esters is 1. The van der Waals surface area contributed by atoms with E-state index in [1.165, 1.54) is 0 Å². The monoisotopic (exact) mass is 367 g/mol. The Bertz CT molecular complexity index is 884. The lowest BCUT2D eigenvalue weighted by Gasteiger charge is -2.09. The number of benzene rings is 2. The van der Waals surface area contributed by atoms with Crippen LogP contribution in [0.1, 0.15) is 25.0 Å². The van der Waals surface area contributed by atoms with Crippen molar-refractivity contribution in [2.75, 3.05) is 20.3 Å². The molecule has 0 saturated carbocycles. The Labute approximate surface area is 158 Å². The summed E-state index contributed by atoms with van der Waals surface area (Å²) in [5.74, 6) is 1.77. The number of ether oxygens (including phenoxy) is 4. The summed E-state index contributed by atoms with van der Waals surface area (Å²) in [5.41, 5.74) is 1.70. The molecule has 2 aromatic rings. The summed E-state index contributed by atoms with van der Waals surface area (Å²) >= 11 is 0. The van der Waals surface area contributed by atoms with E-state index in [0.717, 1.165) is 11.3 Å². The third-order valence-electron chi connectivity index (χ3n) is 3.82. The smallest absolute Gasteiger partial charge is 0.363 e. The quantitative estimate of drug-likeness (QED) is 0.549. The fourth-order valence-electron chi connectivity index (χ4n) is 2.60. The van der Waals surface area contributed by atoms with Crippen LogP contribution in [0.15, 0.2) is 53.2 Å². The molecule has 0 bridgehead atoms. The molecule has 0 unspecified atom stereocenters. The summed E-state index contributed by atoms with van der Waals surface area (Å²) < 4.78 is 21.5. The predicted octanol–water partition coefficient (Wildman–Crippen LogP) is 3.84. The zero-order valence-corrected chi connectivity index (χ0v) is 15.5. The summed E-state index contributed by atoms with van der Waals surface area (Å²) in [4.78, 5) is 16.5. The maximum atomic E-state index is 12.2. The Morgan fingerprint density at radius 1 is 1.00 bits per heavy atom. The zero-order chi connectivity index (χ0) is 19.2. The van der Waals surface area contributed by atoms with E-state index < -0.39 is 5.97 Å². The summed E-state index contributed by atoms with van der Waals surface area (Å²) in [6.45, 7) is 4.96. The lowest BCUT2D eigenvalue weighted by Crippen LogP contribution is -2.05. The number of cyclic esters (lactones) is 1. The van der Waals surface area contributed by atoms with Gasteiger partial charge < -0.3 is 18.9 Å². The third kappa shape index (κ3) is 4.28. The van der Waals surface area contributed by atoms with Crippen molar-refractivity contribution in [3.05, 3.63) is 59.3 Å². The molecule has 0 saturated heterocycles. The Morgan fingerprint density at radius 3 is 2.41 bits per heavy atom. The molecule has 1 aliphatic heterocycles. The molecule has 0 N–H and O–H groups in total. The average molecular weight is 367 g/mol. The minimum Gasteiger partial charge on any atom is -0.494 e. The highest BCUT2D eigenvalue weighted by molar-refractivity contribution is 6.12. The molecule has 0 fully saturated rings. The van der Waals surface area contributed by atoms with Gasteiger partial charge in [-0.25, -0.2) is 9.79 Å². The van der Waals surface area contributed by atoms with Crippen LogP contribution < -0.4 is 14.2 Å². The normalized spacial score (nSPS) is 14.7. The van der Waals surface area contributed by atoms with Gasteiger partial charge >= 0.3 is 5.97 Å². The second kappa shape index (κ2) is 8.40. The van der Waals surface area contributed by atoms with Crippen molar-refractivity contribution in [1.29, 1.82) is 0 Å². The van der Waals surface area contributed by atoms with Crippen LogP contribution in [-0.2, 0) is 9.53 Å². The summed E-state index contributed by atoms with van der Waals surface area (Å²) in [6.07, 6.45) is 1.65. The van der Waals surface area contributed by atoms with E-state index in [9.17, 15) is 4.79 Å². The van der Waals surface area contributed by atoms with E-state index in [1.54, 1.807) is 37.5 Å². The molecule has 0 spiro atoms. The van der Waals surface area contributed by atoms with Gasteiger partial charge in [0.25, 0.3) is 0 Å². The molecule has 2 aromatic carbocycles. The van der Waals surface area contributed by atoms with Crippen molar-refractivity contribution in [2.24, 2.45) is 4.99 Å². The second-order valence-electron chi connectivity index (χ2n) is 5.64. The number of carbonyl (C=O) groups excluding carboxylic acids is 1. The SMILES string of the molecule is CCOc1ccc(C2=N/C(=C/c3ccc(OCC)c(OC)c3)C(=O)O2)cc1. The molecule has 27 heavy (non-hydrogen) atoms. The van der Waals surface area contributed by atoms with E-state index in [0.29, 0.717) is 30.3 Å². The predicted molar refractivity (Wildman–Crippen MR) is 102 cm³/mol. The van der Waals surface area contributed by atoms with E-state index in [2.05, 4.69) is 4.99 Å². The van der Waals surface area contributed by atoms with Crippen LogP contribution in [0.5, 0.6) is 17.2 Å². The molecule has 0 amide bonds. The van der Waals surface area contributed by atoms with Crippen molar-refractivity contribution >= 4 is 17.9 Å². The first-order valence-corrected chi connectivity index (χ1v) is 8.71. The second-order valence-corrected chi connectivity index (χ2v) is 5.64. The standard InChI is InChI=1S/C21H21NO5/c1-4-25-16-9-7-15(8-10-16)20-22-17(21(23)27-20)12-14-6-11-18(26-5-2)19(13-14)24-3/h6-13H,4-5H2,1-3H3/b17-12+. The Morgan fingerprint density at radius 2 is 1.74 bits per heavy atom. The fourth-order valence-corrected chi connectivity index (χ4v) is 2.60. The van der Waals surface area contributed by atoms with Gasteiger partial charge in [0.2, 0.25) is 5.90 Å². The molecule has 0 aliphatic carbocycles. The molecule has 6 heteroatoms. The maximum Gasteiger partial charge on any atom is 0.363 e. The van der Waals surface area contributed by atoms with Gasteiger partial charge in [-0.05, 0) is 61.9 Å². The van der Waals surface area contributed by atoms with Crippen molar-refractivity contribution in [1.82, 2.24) is 0 Å². The van der Waals surface area contributed by atoms with Crippen LogP contribution in [0.2, 0.25) is 0 Å². The van der Waals surface area contributed by atoms with E-state index in [1.807, 2.05) is 32.0 Å². The van der Waals surface area contributed by atoms with Crippen LogP contribution >= 0.6 is 0 Å². The topological polar surface area (TPSA) is 66.3 Å². The Hall–Kier alpha value is -3.28. The van der Waals surface area contributed by atoms with Gasteiger partial charge in [0, 0.05) is 5.56 Å². The zero-order valence-electron chi connectivity index (χ0n) is 15.5. The molecule has 0 atom stereocenters. The van der Waals surface area contributed by atoms with E-state index in [4.69, 9.17) is 18.9 Å². The van der Waals surface area contributed by atoms with Gasteiger partial charge in [0.05, 0.1) is 20.3 Å². The highest BCUT2D eigenvalue weighted by Crippen LogP contribution is 2.29. The van der Waals surface area contributed by atoms with E-state index in [-0.39, 0.29) is 11.6 Å². The van der Waals surface area contributed by atoms with Crippen molar-refractivity contribution < 1.29 is 23.7 Å². The molecular formula is C21H21NO5. The number of aliphatic imine (C=N–C) groups is 1. The lowest BCUT2D eigenvalue weighted by atomic mass is 10.1. The van der Waals surface area contributed by atoms with Gasteiger partial charge in [-0.1, -0.05) is 6.07 Å². The first kappa shape index (κ1) is 18.5. The minimum atomic E-state index is -0.494. The van der Waals surface area contributed by atoms with Crippen LogP contribution in [0.4, 0.5) is 0 Å². The van der Waals surface area contributed by atoms with Crippen LogP contribution in [-0.4, -0.2) is 32.2 Å². The molecule has 6 nitrogen and oxygen atoms in total. The first-order valence-electron chi connectivity index (χ1n) is 8.71. The molecule has 0 radical (unpaired) electrons. The van der Waals surface area contributed by atoms with Gasteiger partial charge in [-0.3, -0.25) is 0 Å². The number of carbonyl (C=O) groups is 1. The van der Waals surface area contributed by atoms with Crippen molar-refractivity contribution in [3.63, 3.8) is 0 Å². The highest BCUT2D eigenvalue weighted by Gasteiger charge is 2.24. The van der Waals surface area contributed by atoms with Gasteiger partial charge in [-0.15, -0.1) is 0 Å². The van der Waals surface area contributed by atoms with Gasteiger partial charge in [0.15, 0.2) is 17.2 Å². The number of hydrogen-bond donors (Lipinski definition) is 0. The maximum absolute atomic E-state index is 12.2. The van der Waals surface area contributed by atoms with Gasteiger partial charge in [-0.2, -0.15) is 0 Å². The largest absolute Gasteiger partial charge is 0.494 e. The molecular weight excluding hydrogens is 346 g/mol. The van der Waals surface area contributed by atoms with Gasteiger partial charge in [0.1, 0.15) is 5.75 Å². The fraction of sp³-hybridized carbons (Fsp3) is 0.238. The lowest BCUT2D eigenvalue weighted by molar-refractivity contribution is -0.129. The van der Waals surface area contributed by atoms with Crippen molar-refractivity contribution in [2.45, 2.75) is 13.8 Å². The van der Waals surface area contributed by atoms with Crippen LogP contribution in [0, 0.1) is 0 Å². The first-order chi connectivity index (χ1) is 13.1. The minimum absolute atomic E-state index is 0.227. The average Bonchev–Trinajstić information content (AvgIpc) is 3.04. The molecule has 0 aromatic heterocycles. The number of hydrogen-bond acceptors (Lipinski definition) is 6. The number of rotatable bonds is 7. The Balaban J connectivity index is 1.85. The third-order valence-corrected chi connectivity index (χ3v) is 3.82. The van der Waals surface area contributed by atoms with Crippen LogP contribution in [0.25, 0.3) is 6.08 Å². The van der Waals surface area contributed by atoms with Crippen molar-refractivity contribution in [3.8, 4) is 17.2 Å². The summed E-state index contributed by atoms with van der Waals surface area (Å²) in [6, 6.07) is 12.7.